The van der Waals surface area contributed by atoms with Crippen molar-refractivity contribution in [2.75, 3.05) is 5.32 Å². The normalized spacial score (nSPS) is 10.9. The molecule has 144 valence electrons. The molecule has 0 saturated heterocycles. The third-order valence-electron chi connectivity index (χ3n) is 4.49. The van der Waals surface area contributed by atoms with Crippen LogP contribution in [-0.4, -0.2) is 5.91 Å². The smallest absolute Gasteiger partial charge is 0.255 e. The first-order valence-corrected chi connectivity index (χ1v) is 9.20. The number of carbonyl (C=O) groups excluding carboxylic acids is 1. The molecule has 4 aromatic rings. The highest BCUT2D eigenvalue weighted by atomic mass is 35.5. The number of nitrogens with one attached hydrogen (secondary N) is 1. The summed E-state index contributed by atoms with van der Waals surface area (Å²) in [5.74, 6) is -0.501. The van der Waals surface area contributed by atoms with E-state index in [0.29, 0.717) is 33.5 Å². The van der Waals surface area contributed by atoms with Gasteiger partial charge >= 0.3 is 0 Å². The van der Waals surface area contributed by atoms with Crippen LogP contribution in [0.25, 0.3) is 22.3 Å². The highest BCUT2D eigenvalue weighted by Gasteiger charge is 2.11. The van der Waals surface area contributed by atoms with Crippen LogP contribution in [-0.2, 0) is 0 Å². The lowest BCUT2D eigenvalue weighted by Crippen LogP contribution is -2.11. The Morgan fingerprint density at radius 1 is 1.00 bits per heavy atom. The average molecular weight is 408 g/mol. The van der Waals surface area contributed by atoms with E-state index in [1.54, 1.807) is 36.4 Å². The molecule has 0 saturated carbocycles. The van der Waals surface area contributed by atoms with Crippen LogP contribution in [0.1, 0.15) is 15.9 Å². The van der Waals surface area contributed by atoms with Crippen LogP contribution < -0.4 is 10.7 Å². The van der Waals surface area contributed by atoms with Gasteiger partial charge in [-0.3, -0.25) is 9.59 Å². The topological polar surface area (TPSA) is 59.3 Å². The van der Waals surface area contributed by atoms with Crippen molar-refractivity contribution in [1.82, 2.24) is 0 Å². The first-order chi connectivity index (χ1) is 13.9. The van der Waals surface area contributed by atoms with Crippen LogP contribution in [0.2, 0.25) is 5.02 Å². The molecular weight excluding hydrogens is 393 g/mol. The summed E-state index contributed by atoms with van der Waals surface area (Å²) in [7, 11) is 0. The maximum Gasteiger partial charge on any atom is 0.255 e. The zero-order chi connectivity index (χ0) is 20.5. The molecule has 0 unspecified atom stereocenters. The summed E-state index contributed by atoms with van der Waals surface area (Å²) < 4.78 is 19.1. The van der Waals surface area contributed by atoms with Gasteiger partial charge in [0.15, 0.2) is 5.43 Å². The van der Waals surface area contributed by atoms with Gasteiger partial charge in [0.05, 0.1) is 10.4 Å². The molecule has 1 heterocycles. The van der Waals surface area contributed by atoms with E-state index in [1.807, 2.05) is 13.0 Å². The van der Waals surface area contributed by atoms with Crippen molar-refractivity contribution in [2.24, 2.45) is 0 Å². The summed E-state index contributed by atoms with van der Waals surface area (Å²) in [4.78, 5) is 24.8. The van der Waals surface area contributed by atoms with E-state index in [0.717, 1.165) is 5.56 Å². The van der Waals surface area contributed by atoms with Gasteiger partial charge in [-0.2, -0.15) is 0 Å². The van der Waals surface area contributed by atoms with Crippen molar-refractivity contribution in [1.29, 1.82) is 0 Å². The number of hydrogen-bond donors (Lipinski definition) is 1. The number of fused-ring (bicyclic) bond motifs is 1. The van der Waals surface area contributed by atoms with Gasteiger partial charge in [0.2, 0.25) is 0 Å². The Bertz CT molecular complexity index is 1300. The Kier molecular flexibility index (Phi) is 4.91. The third kappa shape index (κ3) is 3.91. The largest absolute Gasteiger partial charge is 0.456 e. The number of halogens is 2. The minimum atomic E-state index is -0.555. The van der Waals surface area contributed by atoms with E-state index in [4.69, 9.17) is 16.0 Å². The molecule has 0 atom stereocenters. The van der Waals surface area contributed by atoms with Crippen LogP contribution in [0, 0.1) is 12.7 Å². The summed E-state index contributed by atoms with van der Waals surface area (Å²) in [6.07, 6.45) is 0. The first kappa shape index (κ1) is 18.9. The Labute approximate surface area is 170 Å². The summed E-state index contributed by atoms with van der Waals surface area (Å²) in [6.45, 7) is 1.91. The molecule has 4 nitrogen and oxygen atoms in total. The SMILES string of the molecule is Cc1ccc2oc(-c3ccc(C(=O)Nc4ccc(F)c(Cl)c4)cc3)cc(=O)c2c1. The fourth-order valence-electron chi connectivity index (χ4n) is 2.98. The van der Waals surface area contributed by atoms with Gasteiger partial charge in [-0.15, -0.1) is 0 Å². The molecule has 6 heteroatoms. The van der Waals surface area contributed by atoms with Gasteiger partial charge in [-0.25, -0.2) is 4.39 Å². The molecule has 0 aliphatic heterocycles. The molecule has 4 rings (SSSR count). The molecule has 3 aromatic carbocycles. The van der Waals surface area contributed by atoms with E-state index in [9.17, 15) is 14.0 Å². The van der Waals surface area contributed by atoms with Gasteiger partial charge in [0, 0.05) is 22.9 Å². The molecule has 1 aromatic heterocycles. The average Bonchev–Trinajstić information content (AvgIpc) is 2.71. The van der Waals surface area contributed by atoms with E-state index in [1.165, 1.54) is 24.3 Å². The zero-order valence-electron chi connectivity index (χ0n) is 15.3. The van der Waals surface area contributed by atoms with Crippen molar-refractivity contribution in [2.45, 2.75) is 6.92 Å². The molecule has 0 aliphatic rings. The van der Waals surface area contributed by atoms with E-state index < -0.39 is 5.82 Å². The van der Waals surface area contributed by atoms with E-state index in [-0.39, 0.29) is 16.4 Å². The van der Waals surface area contributed by atoms with Crippen LogP contribution in [0.4, 0.5) is 10.1 Å². The molecule has 0 radical (unpaired) electrons. The molecule has 0 fully saturated rings. The van der Waals surface area contributed by atoms with Crippen LogP contribution in [0.15, 0.2) is 75.9 Å². The van der Waals surface area contributed by atoms with Crippen molar-refractivity contribution in [3.05, 3.63) is 98.9 Å². The van der Waals surface area contributed by atoms with Crippen LogP contribution >= 0.6 is 11.6 Å². The standard InChI is InChI=1S/C23H15ClFNO3/c1-13-2-9-21-17(10-13)20(27)12-22(29-21)14-3-5-15(6-4-14)23(28)26-16-7-8-19(25)18(24)11-16/h2-12H,1H3,(H,26,28). The Morgan fingerprint density at radius 3 is 2.48 bits per heavy atom. The number of rotatable bonds is 3. The van der Waals surface area contributed by atoms with E-state index >= 15 is 0 Å². The molecule has 1 N–H and O–H groups in total. The van der Waals surface area contributed by atoms with Gasteiger partial charge < -0.3 is 9.73 Å². The van der Waals surface area contributed by atoms with Crippen molar-refractivity contribution in [3.63, 3.8) is 0 Å². The quantitative estimate of drug-likeness (QED) is 0.466. The molecule has 1 amide bonds. The molecule has 0 bridgehead atoms. The maximum atomic E-state index is 13.2. The minimum Gasteiger partial charge on any atom is -0.456 e. The Balaban J connectivity index is 1.59. The predicted molar refractivity (Wildman–Crippen MR) is 112 cm³/mol. The highest BCUT2D eigenvalue weighted by Crippen LogP contribution is 2.24. The van der Waals surface area contributed by atoms with Gasteiger partial charge in [0.25, 0.3) is 5.91 Å². The summed E-state index contributed by atoms with van der Waals surface area (Å²) >= 11 is 5.73. The third-order valence-corrected chi connectivity index (χ3v) is 4.78. The number of hydrogen-bond acceptors (Lipinski definition) is 3. The zero-order valence-corrected chi connectivity index (χ0v) is 16.1. The lowest BCUT2D eigenvalue weighted by Gasteiger charge is -2.07. The van der Waals surface area contributed by atoms with Gasteiger partial charge in [-0.1, -0.05) is 35.4 Å². The van der Waals surface area contributed by atoms with Crippen molar-refractivity contribution >= 4 is 34.2 Å². The number of anilines is 1. The summed E-state index contributed by atoms with van der Waals surface area (Å²) in [6, 6.07) is 17.5. The highest BCUT2D eigenvalue weighted by molar-refractivity contribution is 6.31. The lowest BCUT2D eigenvalue weighted by atomic mass is 10.1. The second kappa shape index (κ2) is 7.53. The monoisotopic (exact) mass is 407 g/mol. The maximum absolute atomic E-state index is 13.2. The van der Waals surface area contributed by atoms with Gasteiger partial charge in [-0.05, 0) is 49.4 Å². The molecular formula is C23H15ClFNO3. The molecule has 0 aliphatic carbocycles. The number of benzene rings is 3. The molecule has 29 heavy (non-hydrogen) atoms. The van der Waals surface area contributed by atoms with Gasteiger partial charge in [0.1, 0.15) is 17.2 Å². The molecule has 0 spiro atoms. The lowest BCUT2D eigenvalue weighted by molar-refractivity contribution is 0.102. The predicted octanol–water partition coefficient (Wildman–Crippen LogP) is 5.81. The second-order valence-electron chi connectivity index (χ2n) is 6.63. The summed E-state index contributed by atoms with van der Waals surface area (Å²) in [5.41, 5.74) is 2.82. The fourth-order valence-corrected chi connectivity index (χ4v) is 3.16. The van der Waals surface area contributed by atoms with Crippen LogP contribution in [0.5, 0.6) is 0 Å². The van der Waals surface area contributed by atoms with Crippen LogP contribution in [0.3, 0.4) is 0 Å². The summed E-state index contributed by atoms with van der Waals surface area (Å²) in [5, 5.41) is 3.12. The second-order valence-corrected chi connectivity index (χ2v) is 7.04. The fraction of sp³-hybridized carbons (Fsp3) is 0.0435. The van der Waals surface area contributed by atoms with Crippen molar-refractivity contribution < 1.29 is 13.6 Å². The number of aryl methyl sites for hydroxylation is 1. The number of amides is 1. The Morgan fingerprint density at radius 2 is 1.76 bits per heavy atom. The number of carbonyl (C=O) groups is 1. The van der Waals surface area contributed by atoms with E-state index in [2.05, 4.69) is 5.32 Å². The minimum absolute atomic E-state index is 0.0697. The Hall–Kier alpha value is -3.44. The van der Waals surface area contributed by atoms with Crippen molar-refractivity contribution in [3.8, 4) is 11.3 Å². The first-order valence-electron chi connectivity index (χ1n) is 8.82.